The summed E-state index contributed by atoms with van der Waals surface area (Å²) < 4.78 is 26.5. The topological polar surface area (TPSA) is 125 Å². The summed E-state index contributed by atoms with van der Waals surface area (Å²) in [5.41, 5.74) is 6.24. The number of rotatable bonds is 42. The number of nitrogens with one attached hydrogen (secondary N) is 2. The molecule has 10 heteroatoms. The molecule has 4 amide bonds. The van der Waals surface area contributed by atoms with Crippen LogP contribution in [0.5, 0.6) is 23.0 Å². The van der Waals surface area contributed by atoms with Crippen molar-refractivity contribution in [1.82, 2.24) is 15.6 Å². The number of carbonyl (C=O) groups excluding carboxylic acids is 3. The number of barbiturate groups is 1. The average Bonchev–Trinajstić information content (AvgIpc) is 3.51. The van der Waals surface area contributed by atoms with E-state index < -0.39 is 17.8 Å². The first kappa shape index (κ1) is 62.0. The summed E-state index contributed by atoms with van der Waals surface area (Å²) >= 11 is 0. The Morgan fingerprint density at radius 3 is 1.33 bits per heavy atom. The number of nitrogens with zero attached hydrogens (tertiary/aromatic N) is 1. The molecule has 1 fully saturated rings. The molecule has 1 aliphatic heterocycles. The molecule has 6 rings (SSSR count). The number of imide groups is 2. The van der Waals surface area contributed by atoms with Gasteiger partial charge in [-0.3, -0.25) is 20.2 Å². The number of unbranched alkanes of at least 4 members (excludes halogenated alkanes) is 27. The second-order valence-electron chi connectivity index (χ2n) is 21.8. The number of fused-ring (bicyclic) bond motifs is 1. The number of aromatic nitrogens is 1. The standard InChI is InChI=1S/C69H95N3O7/c1-4-7-10-13-16-19-22-25-28-31-46-76-64-50-55(51-65(77-47-32-29-26-23-20-17-14-11-8-5-2)66(64)78-48-33-30-27-24-21-18-15-12-9-6-3)53-79-60-42-38-57(39-43-60)62-45-41-59-52-58(40-44-63(59)70-62)56-36-34-54(35-37-56)49-61-67(73)71-69(75)72-68(61)74/h34-45,49-52H,4-33,46-48,53H2,1-3H3,(H2,71,72,73,74,75). The van der Waals surface area contributed by atoms with Crippen molar-refractivity contribution in [3.8, 4) is 45.4 Å². The second-order valence-corrected chi connectivity index (χ2v) is 21.8. The molecule has 2 heterocycles. The Bertz CT molecular complexity index is 2520. The fraction of sp³-hybridized carbons (Fsp3) is 0.536. The van der Waals surface area contributed by atoms with Gasteiger partial charge in [0.15, 0.2) is 11.5 Å². The monoisotopic (exact) mass is 1080 g/mol. The van der Waals surface area contributed by atoms with E-state index in [1.165, 1.54) is 167 Å². The minimum atomic E-state index is -0.819. The van der Waals surface area contributed by atoms with Crippen molar-refractivity contribution >= 4 is 34.8 Å². The van der Waals surface area contributed by atoms with Gasteiger partial charge < -0.3 is 18.9 Å². The van der Waals surface area contributed by atoms with Crippen LogP contribution in [0.1, 0.15) is 225 Å². The van der Waals surface area contributed by atoms with Crippen LogP contribution in [-0.2, 0) is 16.2 Å². The first-order chi connectivity index (χ1) is 38.8. The van der Waals surface area contributed by atoms with Gasteiger partial charge >= 0.3 is 6.03 Å². The first-order valence-corrected chi connectivity index (χ1v) is 31.0. The van der Waals surface area contributed by atoms with E-state index in [4.69, 9.17) is 23.9 Å². The zero-order valence-electron chi connectivity index (χ0n) is 48.6. The molecule has 0 radical (unpaired) electrons. The summed E-state index contributed by atoms with van der Waals surface area (Å²) in [4.78, 5) is 40.9. The Morgan fingerprint density at radius 2 is 0.848 bits per heavy atom. The Labute approximate surface area is 474 Å². The van der Waals surface area contributed by atoms with Crippen molar-refractivity contribution in [2.24, 2.45) is 0 Å². The molecule has 0 bridgehead atoms. The van der Waals surface area contributed by atoms with Crippen LogP contribution in [0, 0.1) is 0 Å². The molecular formula is C69H95N3O7. The van der Waals surface area contributed by atoms with E-state index in [0.717, 1.165) is 94.0 Å². The zero-order chi connectivity index (χ0) is 55.5. The lowest BCUT2D eigenvalue weighted by Crippen LogP contribution is -2.51. The Hall–Kier alpha value is -6.16. The molecule has 79 heavy (non-hydrogen) atoms. The predicted octanol–water partition coefficient (Wildman–Crippen LogP) is 18.8. The number of urea groups is 1. The van der Waals surface area contributed by atoms with E-state index in [0.29, 0.717) is 32.0 Å². The summed E-state index contributed by atoms with van der Waals surface area (Å²) in [6.45, 7) is 9.13. The van der Waals surface area contributed by atoms with Crippen LogP contribution in [0.15, 0.2) is 96.6 Å². The fourth-order valence-corrected chi connectivity index (χ4v) is 10.3. The highest BCUT2D eigenvalue weighted by Crippen LogP contribution is 2.40. The van der Waals surface area contributed by atoms with Crippen molar-refractivity contribution in [2.75, 3.05) is 19.8 Å². The molecule has 1 saturated heterocycles. The minimum Gasteiger partial charge on any atom is -0.490 e. The van der Waals surface area contributed by atoms with Crippen LogP contribution in [0.25, 0.3) is 39.4 Å². The third-order valence-corrected chi connectivity index (χ3v) is 15.1. The van der Waals surface area contributed by atoms with Gasteiger partial charge in [0.25, 0.3) is 11.8 Å². The average molecular weight is 1080 g/mol. The largest absolute Gasteiger partial charge is 0.490 e. The summed E-state index contributed by atoms with van der Waals surface area (Å²) in [7, 11) is 0. The number of benzene rings is 4. The first-order valence-electron chi connectivity index (χ1n) is 31.0. The molecular weight excluding hydrogens is 983 g/mol. The lowest BCUT2D eigenvalue weighted by atomic mass is 10.0. The van der Waals surface area contributed by atoms with Gasteiger partial charge in [0.2, 0.25) is 5.75 Å². The Kier molecular flexibility index (Phi) is 29.0. The Balaban J connectivity index is 1.09. The Morgan fingerprint density at radius 1 is 0.418 bits per heavy atom. The molecule has 2 N–H and O–H groups in total. The number of hydrogen-bond acceptors (Lipinski definition) is 8. The molecule has 0 atom stereocenters. The molecule has 0 aliphatic carbocycles. The summed E-state index contributed by atoms with van der Waals surface area (Å²) in [5, 5.41) is 5.22. The fourth-order valence-electron chi connectivity index (χ4n) is 10.3. The van der Waals surface area contributed by atoms with Gasteiger partial charge in [-0.1, -0.05) is 231 Å². The SMILES string of the molecule is CCCCCCCCCCCCOc1cc(COc2ccc(-c3ccc4cc(-c5ccc(C=C6C(=O)NC(=O)NC6=O)cc5)ccc4n3)cc2)cc(OCCCCCCCCCCCC)c1OCCCCCCCCCCCC. The van der Waals surface area contributed by atoms with Gasteiger partial charge in [-0.15, -0.1) is 0 Å². The molecule has 0 unspecified atom stereocenters. The lowest BCUT2D eigenvalue weighted by Gasteiger charge is -2.19. The van der Waals surface area contributed by atoms with Crippen LogP contribution in [0.2, 0.25) is 0 Å². The normalized spacial score (nSPS) is 12.4. The number of ether oxygens (including phenoxy) is 4. The third kappa shape index (κ3) is 22.8. The molecule has 0 spiro atoms. The quantitative estimate of drug-likeness (QED) is 0.0225. The highest BCUT2D eigenvalue weighted by Gasteiger charge is 2.27. The molecule has 5 aromatic rings. The van der Waals surface area contributed by atoms with Gasteiger partial charge in [0.05, 0.1) is 31.0 Å². The van der Waals surface area contributed by atoms with E-state index in [2.05, 4.69) is 67.8 Å². The molecule has 0 saturated carbocycles. The van der Waals surface area contributed by atoms with Crippen molar-refractivity contribution in [2.45, 2.75) is 220 Å². The van der Waals surface area contributed by atoms with Gasteiger partial charge in [-0.05, 0) is 102 Å². The van der Waals surface area contributed by atoms with Crippen LogP contribution in [0.4, 0.5) is 4.79 Å². The second kappa shape index (κ2) is 36.9. The maximum absolute atomic E-state index is 12.2. The molecule has 1 aromatic heterocycles. The zero-order valence-corrected chi connectivity index (χ0v) is 48.6. The van der Waals surface area contributed by atoms with E-state index >= 15 is 0 Å². The van der Waals surface area contributed by atoms with Gasteiger partial charge in [-0.2, -0.15) is 0 Å². The van der Waals surface area contributed by atoms with E-state index in [-0.39, 0.29) is 5.57 Å². The summed E-state index contributed by atoms with van der Waals surface area (Å²) in [5.74, 6) is 1.56. The maximum atomic E-state index is 12.2. The number of carbonyl (C=O) groups is 3. The van der Waals surface area contributed by atoms with Crippen molar-refractivity contribution in [1.29, 1.82) is 0 Å². The van der Waals surface area contributed by atoms with Crippen LogP contribution < -0.4 is 29.6 Å². The summed E-state index contributed by atoms with van der Waals surface area (Å²) in [6, 6.07) is 29.3. The number of hydrogen-bond donors (Lipinski definition) is 2. The molecule has 4 aromatic carbocycles. The van der Waals surface area contributed by atoms with Crippen molar-refractivity contribution in [3.63, 3.8) is 0 Å². The van der Waals surface area contributed by atoms with E-state index in [1.807, 2.05) is 54.6 Å². The van der Waals surface area contributed by atoms with Gasteiger partial charge in [0, 0.05) is 10.9 Å². The van der Waals surface area contributed by atoms with E-state index in [1.54, 1.807) is 0 Å². The molecule has 10 nitrogen and oxygen atoms in total. The molecule has 428 valence electrons. The van der Waals surface area contributed by atoms with Crippen LogP contribution >= 0.6 is 0 Å². The van der Waals surface area contributed by atoms with Gasteiger partial charge in [0.1, 0.15) is 17.9 Å². The van der Waals surface area contributed by atoms with E-state index in [9.17, 15) is 14.4 Å². The van der Waals surface area contributed by atoms with Gasteiger partial charge in [-0.25, -0.2) is 9.78 Å². The lowest BCUT2D eigenvalue weighted by molar-refractivity contribution is -0.123. The molecule has 1 aliphatic rings. The third-order valence-electron chi connectivity index (χ3n) is 15.1. The maximum Gasteiger partial charge on any atom is 0.328 e. The highest BCUT2D eigenvalue weighted by atomic mass is 16.5. The highest BCUT2D eigenvalue weighted by molar-refractivity contribution is 6.31. The summed E-state index contributed by atoms with van der Waals surface area (Å²) in [6.07, 6.45) is 39.8. The minimum absolute atomic E-state index is 0.119. The number of amides is 4. The van der Waals surface area contributed by atoms with Crippen molar-refractivity contribution < 1.29 is 33.3 Å². The van der Waals surface area contributed by atoms with Crippen LogP contribution in [-0.4, -0.2) is 42.7 Å². The van der Waals surface area contributed by atoms with Crippen LogP contribution in [0.3, 0.4) is 0 Å². The smallest absolute Gasteiger partial charge is 0.328 e. The number of pyridine rings is 1. The predicted molar refractivity (Wildman–Crippen MR) is 325 cm³/mol. The van der Waals surface area contributed by atoms with Crippen molar-refractivity contribution in [3.05, 3.63) is 108 Å².